The van der Waals surface area contributed by atoms with Gasteiger partial charge in [-0.2, -0.15) is 0 Å². The fraction of sp³-hybridized carbons (Fsp3) is 0.647. The van der Waals surface area contributed by atoms with E-state index in [1.165, 1.54) is 0 Å². The van der Waals surface area contributed by atoms with E-state index < -0.39 is 0 Å². The summed E-state index contributed by atoms with van der Waals surface area (Å²) in [7, 11) is 4.94. The average Bonchev–Trinajstić information content (AvgIpc) is 2.57. The van der Waals surface area contributed by atoms with Gasteiger partial charge in [-0.1, -0.05) is 13.8 Å². The van der Waals surface area contributed by atoms with E-state index in [1.54, 1.807) is 21.3 Å². The maximum absolute atomic E-state index is 5.43. The van der Waals surface area contributed by atoms with Crippen LogP contribution in [0.25, 0.3) is 0 Å². The van der Waals surface area contributed by atoms with Gasteiger partial charge in [-0.05, 0) is 38.7 Å². The maximum Gasteiger partial charge on any atom is 0.164 e. The predicted octanol–water partition coefficient (Wildman–Crippen LogP) is 2.53. The molecule has 0 aliphatic carbocycles. The van der Waals surface area contributed by atoms with Gasteiger partial charge in [0, 0.05) is 18.2 Å². The zero-order valence-corrected chi connectivity index (χ0v) is 14.6. The van der Waals surface area contributed by atoms with Gasteiger partial charge >= 0.3 is 0 Å². The molecule has 1 aromatic carbocycles. The second-order valence-electron chi connectivity index (χ2n) is 5.08. The highest BCUT2D eigenvalue weighted by Gasteiger charge is 2.11. The fourth-order valence-electron chi connectivity index (χ4n) is 2.42. The van der Waals surface area contributed by atoms with Gasteiger partial charge < -0.3 is 24.4 Å². The molecule has 0 spiro atoms. The molecule has 0 heterocycles. The Morgan fingerprint density at radius 3 is 2.05 bits per heavy atom. The molecule has 0 atom stereocenters. The zero-order chi connectivity index (χ0) is 16.4. The molecule has 0 unspecified atom stereocenters. The molecule has 0 aliphatic rings. The molecule has 0 bridgehead atoms. The summed E-state index contributed by atoms with van der Waals surface area (Å²) in [6.07, 6.45) is 1.14. The molecule has 126 valence electrons. The number of rotatable bonds is 11. The number of nitrogens with one attached hydrogen (secondary N) is 1. The highest BCUT2D eigenvalue weighted by molar-refractivity contribution is 5.50. The van der Waals surface area contributed by atoms with E-state index in [2.05, 4.69) is 24.1 Å². The minimum Gasteiger partial charge on any atom is -0.496 e. The molecule has 0 aliphatic heterocycles. The second-order valence-corrected chi connectivity index (χ2v) is 5.08. The van der Waals surface area contributed by atoms with Gasteiger partial charge in [0.1, 0.15) is 5.75 Å². The van der Waals surface area contributed by atoms with Gasteiger partial charge in [-0.15, -0.1) is 0 Å². The SMILES string of the molecule is CCN(CC)CCCNCc1cc(OC)c(OC)cc1OC. The number of hydrogen-bond donors (Lipinski definition) is 1. The number of benzene rings is 1. The normalized spacial score (nSPS) is 10.8. The summed E-state index contributed by atoms with van der Waals surface area (Å²) in [5.74, 6) is 2.22. The molecule has 0 radical (unpaired) electrons. The van der Waals surface area contributed by atoms with Crippen molar-refractivity contribution >= 4 is 0 Å². The Bertz CT molecular complexity index is 434. The Labute approximate surface area is 134 Å². The predicted molar refractivity (Wildman–Crippen MR) is 90.2 cm³/mol. The third kappa shape index (κ3) is 5.39. The second kappa shape index (κ2) is 10.3. The van der Waals surface area contributed by atoms with E-state index in [0.717, 1.165) is 56.2 Å². The van der Waals surface area contributed by atoms with Crippen molar-refractivity contribution in [1.82, 2.24) is 10.2 Å². The van der Waals surface area contributed by atoms with Crippen molar-refractivity contribution in [3.05, 3.63) is 17.7 Å². The lowest BCUT2D eigenvalue weighted by Gasteiger charge is -2.18. The van der Waals surface area contributed by atoms with Crippen LogP contribution in [0.3, 0.4) is 0 Å². The summed E-state index contributed by atoms with van der Waals surface area (Å²) in [6.45, 7) is 9.48. The van der Waals surface area contributed by atoms with Crippen molar-refractivity contribution in [2.45, 2.75) is 26.8 Å². The van der Waals surface area contributed by atoms with E-state index in [1.807, 2.05) is 12.1 Å². The van der Waals surface area contributed by atoms with Gasteiger partial charge in [-0.25, -0.2) is 0 Å². The van der Waals surface area contributed by atoms with Crippen molar-refractivity contribution in [3.63, 3.8) is 0 Å². The van der Waals surface area contributed by atoms with Crippen LogP contribution in [0.2, 0.25) is 0 Å². The van der Waals surface area contributed by atoms with Crippen LogP contribution in [0, 0.1) is 0 Å². The van der Waals surface area contributed by atoms with Crippen LogP contribution in [0.4, 0.5) is 0 Å². The minimum absolute atomic E-state index is 0.685. The van der Waals surface area contributed by atoms with Gasteiger partial charge in [0.05, 0.1) is 21.3 Å². The summed E-state index contributed by atoms with van der Waals surface area (Å²) in [4.78, 5) is 2.43. The zero-order valence-electron chi connectivity index (χ0n) is 14.6. The first-order valence-corrected chi connectivity index (χ1v) is 7.92. The molecule has 1 N–H and O–H groups in total. The van der Waals surface area contributed by atoms with Gasteiger partial charge in [0.15, 0.2) is 11.5 Å². The molecule has 0 aromatic heterocycles. The first-order chi connectivity index (χ1) is 10.7. The molecule has 22 heavy (non-hydrogen) atoms. The third-order valence-corrected chi connectivity index (χ3v) is 3.82. The van der Waals surface area contributed by atoms with Gasteiger partial charge in [0.2, 0.25) is 0 Å². The van der Waals surface area contributed by atoms with Crippen LogP contribution >= 0.6 is 0 Å². The standard InChI is InChI=1S/C17H30N2O3/c1-6-19(7-2)10-8-9-18-13-14-11-16(21-4)17(22-5)12-15(14)20-3/h11-12,18H,6-10,13H2,1-5H3. The fourth-order valence-corrected chi connectivity index (χ4v) is 2.42. The van der Waals surface area contributed by atoms with E-state index in [4.69, 9.17) is 14.2 Å². The number of nitrogens with zero attached hydrogens (tertiary/aromatic N) is 1. The summed E-state index contributed by atoms with van der Waals surface area (Å²) in [5.41, 5.74) is 1.07. The summed E-state index contributed by atoms with van der Waals surface area (Å²) in [5, 5.41) is 3.47. The van der Waals surface area contributed by atoms with Crippen molar-refractivity contribution in [2.24, 2.45) is 0 Å². The number of methoxy groups -OCH3 is 3. The average molecular weight is 310 g/mol. The Morgan fingerprint density at radius 1 is 0.909 bits per heavy atom. The van der Waals surface area contributed by atoms with Crippen molar-refractivity contribution in [1.29, 1.82) is 0 Å². The monoisotopic (exact) mass is 310 g/mol. The molecule has 0 saturated carbocycles. The van der Waals surface area contributed by atoms with E-state index in [-0.39, 0.29) is 0 Å². The lowest BCUT2D eigenvalue weighted by molar-refractivity contribution is 0.297. The molecule has 5 nitrogen and oxygen atoms in total. The molecule has 1 rings (SSSR count). The minimum atomic E-state index is 0.685. The van der Waals surface area contributed by atoms with Crippen LogP contribution in [0.1, 0.15) is 25.8 Å². The van der Waals surface area contributed by atoms with E-state index >= 15 is 0 Å². The Morgan fingerprint density at radius 2 is 1.50 bits per heavy atom. The highest BCUT2D eigenvalue weighted by Crippen LogP contribution is 2.34. The van der Waals surface area contributed by atoms with Crippen molar-refractivity contribution in [2.75, 3.05) is 47.5 Å². The van der Waals surface area contributed by atoms with Crippen LogP contribution in [0.5, 0.6) is 17.2 Å². The van der Waals surface area contributed by atoms with Gasteiger partial charge in [-0.3, -0.25) is 0 Å². The van der Waals surface area contributed by atoms with Gasteiger partial charge in [0.25, 0.3) is 0 Å². The lowest BCUT2D eigenvalue weighted by Crippen LogP contribution is -2.27. The van der Waals surface area contributed by atoms with Crippen LogP contribution < -0.4 is 19.5 Å². The smallest absolute Gasteiger partial charge is 0.164 e. The van der Waals surface area contributed by atoms with Crippen LogP contribution in [-0.2, 0) is 6.54 Å². The van der Waals surface area contributed by atoms with Crippen molar-refractivity contribution in [3.8, 4) is 17.2 Å². The topological polar surface area (TPSA) is 43.0 Å². The molecule has 5 heteroatoms. The van der Waals surface area contributed by atoms with E-state index in [0.29, 0.717) is 5.75 Å². The van der Waals surface area contributed by atoms with Crippen LogP contribution in [-0.4, -0.2) is 52.4 Å². The first-order valence-electron chi connectivity index (χ1n) is 7.92. The number of hydrogen-bond acceptors (Lipinski definition) is 5. The number of ether oxygens (including phenoxy) is 3. The molecular weight excluding hydrogens is 280 g/mol. The van der Waals surface area contributed by atoms with Crippen LogP contribution in [0.15, 0.2) is 12.1 Å². The first kappa shape index (κ1) is 18.6. The molecule has 0 fully saturated rings. The molecule has 0 saturated heterocycles. The summed E-state index contributed by atoms with van der Waals surface area (Å²) >= 11 is 0. The molecular formula is C17H30N2O3. The Balaban J connectivity index is 2.54. The highest BCUT2D eigenvalue weighted by atomic mass is 16.5. The Hall–Kier alpha value is -1.46. The van der Waals surface area contributed by atoms with E-state index in [9.17, 15) is 0 Å². The maximum atomic E-state index is 5.43. The Kier molecular flexibility index (Phi) is 8.70. The molecule has 1 aromatic rings. The van der Waals surface area contributed by atoms with Crippen molar-refractivity contribution < 1.29 is 14.2 Å². The third-order valence-electron chi connectivity index (χ3n) is 3.82. The quantitative estimate of drug-likeness (QED) is 0.636. The summed E-state index contributed by atoms with van der Waals surface area (Å²) < 4.78 is 16.1. The lowest BCUT2D eigenvalue weighted by atomic mass is 10.1. The summed E-state index contributed by atoms with van der Waals surface area (Å²) in [6, 6.07) is 3.83. The molecule has 0 amide bonds. The largest absolute Gasteiger partial charge is 0.496 e.